The van der Waals surface area contributed by atoms with E-state index in [2.05, 4.69) is 85.5 Å². The van der Waals surface area contributed by atoms with Crippen LogP contribution in [0.2, 0.25) is 0 Å². The van der Waals surface area contributed by atoms with Crippen molar-refractivity contribution in [3.05, 3.63) is 172 Å². The van der Waals surface area contributed by atoms with E-state index in [0.717, 1.165) is 44.9 Å². The van der Waals surface area contributed by atoms with Crippen molar-refractivity contribution in [1.29, 1.82) is 0 Å². The number of fused-ring (bicyclic) bond motifs is 12. The highest BCUT2D eigenvalue weighted by Crippen LogP contribution is 2.64. The van der Waals surface area contributed by atoms with Gasteiger partial charge in [0.2, 0.25) is 0 Å². The fourth-order valence-electron chi connectivity index (χ4n) is 8.22. The van der Waals surface area contributed by atoms with E-state index in [1.165, 1.54) is 47.5 Å². The molecule has 1 nitrogen and oxygen atoms in total. The fraction of sp³-hybridized carbons (Fsp3) is 0.100. The first kappa shape index (κ1) is 25.4. The number of hydrogen-bond acceptors (Lipinski definition) is 1. The lowest BCUT2D eigenvalue weighted by atomic mass is 9.70. The third kappa shape index (κ3) is 3.05. The molecule has 9 rings (SSSR count). The molecule has 0 amide bonds. The molecule has 3 aliphatic rings. The summed E-state index contributed by atoms with van der Waals surface area (Å²) in [5.74, 6) is -1.17. The normalized spacial score (nSPS) is 15.7. The third-order valence-corrected chi connectivity index (χ3v) is 10.0. The van der Waals surface area contributed by atoms with Gasteiger partial charge in [0.1, 0.15) is 17.5 Å². The Morgan fingerprint density at radius 3 is 1.27 bits per heavy atom. The number of anilines is 3. The topological polar surface area (TPSA) is 3.24 Å². The van der Waals surface area contributed by atoms with E-state index in [0.29, 0.717) is 16.7 Å². The molecule has 4 heteroatoms. The Labute approximate surface area is 253 Å². The van der Waals surface area contributed by atoms with Crippen LogP contribution in [0, 0.1) is 17.5 Å². The molecule has 44 heavy (non-hydrogen) atoms. The maximum Gasteiger partial charge on any atom is 0.123 e. The van der Waals surface area contributed by atoms with Gasteiger partial charge in [-0.05, 0) is 116 Å². The van der Waals surface area contributed by atoms with E-state index < -0.39 is 5.41 Å². The van der Waals surface area contributed by atoms with Crippen molar-refractivity contribution in [1.82, 2.24) is 0 Å². The first-order valence-electron chi connectivity index (χ1n) is 14.8. The molecule has 1 heterocycles. The summed E-state index contributed by atoms with van der Waals surface area (Å²) in [6, 6.07) is 37.5. The van der Waals surface area contributed by atoms with Gasteiger partial charge in [0, 0.05) is 11.1 Å². The van der Waals surface area contributed by atoms with Gasteiger partial charge in [0.15, 0.2) is 0 Å². The van der Waals surface area contributed by atoms with Crippen LogP contribution in [-0.4, -0.2) is 0 Å². The minimum Gasteiger partial charge on any atom is -0.310 e. The first-order chi connectivity index (χ1) is 21.3. The van der Waals surface area contributed by atoms with Gasteiger partial charge in [-0.2, -0.15) is 0 Å². The van der Waals surface area contributed by atoms with Gasteiger partial charge >= 0.3 is 0 Å². The minimum absolute atomic E-state index is 0.214. The van der Waals surface area contributed by atoms with Crippen molar-refractivity contribution in [2.24, 2.45) is 0 Å². The van der Waals surface area contributed by atoms with E-state index in [1.807, 2.05) is 0 Å². The molecule has 6 aromatic rings. The number of rotatable bonds is 1. The summed E-state index contributed by atoms with van der Waals surface area (Å²) in [5.41, 5.74) is 10.6. The molecule has 0 fully saturated rings. The van der Waals surface area contributed by atoms with Crippen molar-refractivity contribution in [3.63, 3.8) is 0 Å². The Bertz CT molecular complexity index is 2090. The van der Waals surface area contributed by atoms with E-state index in [-0.39, 0.29) is 22.9 Å². The smallest absolute Gasteiger partial charge is 0.123 e. The van der Waals surface area contributed by atoms with Crippen LogP contribution in [0.25, 0.3) is 22.3 Å². The summed E-state index contributed by atoms with van der Waals surface area (Å²) in [6.45, 7) is 4.50. The van der Waals surface area contributed by atoms with E-state index >= 15 is 13.2 Å². The number of halogens is 3. The van der Waals surface area contributed by atoms with Crippen LogP contribution in [0.5, 0.6) is 0 Å². The third-order valence-electron chi connectivity index (χ3n) is 10.0. The van der Waals surface area contributed by atoms with E-state index in [1.54, 1.807) is 18.2 Å². The lowest BCUT2D eigenvalue weighted by Crippen LogP contribution is -2.31. The van der Waals surface area contributed by atoms with Crippen LogP contribution in [0.4, 0.5) is 30.2 Å². The Hall–Kier alpha value is -5.09. The van der Waals surface area contributed by atoms with Crippen LogP contribution in [-0.2, 0) is 10.8 Å². The van der Waals surface area contributed by atoms with Gasteiger partial charge in [0.25, 0.3) is 0 Å². The fourth-order valence-corrected chi connectivity index (χ4v) is 8.22. The van der Waals surface area contributed by atoms with Crippen LogP contribution in [0.1, 0.15) is 47.2 Å². The predicted molar refractivity (Wildman–Crippen MR) is 169 cm³/mol. The number of benzene rings is 6. The van der Waals surface area contributed by atoms with Gasteiger partial charge < -0.3 is 4.90 Å². The molecule has 0 radical (unpaired) electrons. The maximum atomic E-state index is 15.1. The van der Waals surface area contributed by atoms with Crippen LogP contribution in [0.3, 0.4) is 0 Å². The number of nitrogens with zero attached hydrogens (tertiary/aromatic N) is 1. The molecule has 0 N–H and O–H groups in total. The predicted octanol–water partition coefficient (Wildman–Crippen LogP) is 10.6. The highest BCUT2D eigenvalue weighted by molar-refractivity contribution is 5.97. The average Bonchev–Trinajstić information content (AvgIpc) is 3.46. The summed E-state index contributed by atoms with van der Waals surface area (Å²) in [7, 11) is 0. The second kappa shape index (κ2) is 8.51. The monoisotopic (exact) mass is 577 g/mol. The maximum absolute atomic E-state index is 15.1. The Morgan fingerprint density at radius 2 is 0.818 bits per heavy atom. The van der Waals surface area contributed by atoms with Gasteiger partial charge in [-0.3, -0.25) is 0 Å². The molecular weight excluding hydrogens is 551 g/mol. The molecule has 1 aliphatic heterocycles. The Morgan fingerprint density at radius 1 is 0.432 bits per heavy atom. The summed E-state index contributed by atoms with van der Waals surface area (Å²) in [4.78, 5) is 2.28. The molecule has 0 aromatic heterocycles. The molecule has 0 bridgehead atoms. The van der Waals surface area contributed by atoms with Crippen molar-refractivity contribution in [2.45, 2.75) is 24.7 Å². The van der Waals surface area contributed by atoms with Crippen molar-refractivity contribution < 1.29 is 13.2 Å². The second-order valence-electron chi connectivity index (χ2n) is 12.5. The van der Waals surface area contributed by atoms with Crippen LogP contribution in [0.15, 0.2) is 121 Å². The molecule has 2 aliphatic carbocycles. The summed E-state index contributed by atoms with van der Waals surface area (Å²) in [5, 5.41) is 0. The average molecular weight is 578 g/mol. The van der Waals surface area contributed by atoms with Gasteiger partial charge in [-0.25, -0.2) is 13.2 Å². The number of para-hydroxylation sites is 2. The Kier molecular flexibility index (Phi) is 4.91. The Balaban J connectivity index is 1.39. The van der Waals surface area contributed by atoms with Crippen LogP contribution >= 0.6 is 0 Å². The lowest BCUT2D eigenvalue weighted by molar-refractivity contribution is 0.613. The molecule has 1 spiro atoms. The summed E-state index contributed by atoms with van der Waals surface area (Å²) in [6.07, 6.45) is 0. The largest absolute Gasteiger partial charge is 0.310 e. The highest BCUT2D eigenvalue weighted by Gasteiger charge is 2.52. The zero-order chi connectivity index (χ0) is 30.0. The van der Waals surface area contributed by atoms with Gasteiger partial charge in [0.05, 0.1) is 16.8 Å². The highest BCUT2D eigenvalue weighted by atomic mass is 19.1. The first-order valence-corrected chi connectivity index (χ1v) is 14.8. The molecule has 6 aromatic carbocycles. The standard InChI is InChI=1S/C40H26F3N/c1-39(2)31-7-3-5-9-37(31)44(38-10-6-4-8-32(38)39)26-14-18-30-29-17-13-25(43)21-35(29)40(36(30)22-26)33-19-23(41)11-15-27(33)28-16-12-24(42)20-34(28)40/h3-22H,1-2H3. The molecule has 0 unspecified atom stereocenters. The van der Waals surface area contributed by atoms with Crippen molar-refractivity contribution in [3.8, 4) is 22.3 Å². The molecular formula is C40H26F3N. The SMILES string of the molecule is CC1(C)c2ccccc2N(c2ccc3c(c2)C2(c4cc(F)ccc4-c4ccc(F)cc42)c2cc(F)ccc2-3)c2ccccc21. The van der Waals surface area contributed by atoms with E-state index in [9.17, 15) is 0 Å². The summed E-state index contributed by atoms with van der Waals surface area (Å²) < 4.78 is 45.4. The molecule has 0 saturated heterocycles. The van der Waals surface area contributed by atoms with E-state index in [4.69, 9.17) is 0 Å². The lowest BCUT2D eigenvalue weighted by Gasteiger charge is -2.42. The molecule has 0 atom stereocenters. The van der Waals surface area contributed by atoms with Crippen molar-refractivity contribution >= 4 is 17.1 Å². The molecule has 212 valence electrons. The van der Waals surface area contributed by atoms with Gasteiger partial charge in [-0.1, -0.05) is 74.5 Å². The van der Waals surface area contributed by atoms with Crippen molar-refractivity contribution in [2.75, 3.05) is 4.90 Å². The second-order valence-corrected chi connectivity index (χ2v) is 12.5. The van der Waals surface area contributed by atoms with Crippen LogP contribution < -0.4 is 4.90 Å². The minimum atomic E-state index is -1.09. The summed E-state index contributed by atoms with van der Waals surface area (Å²) >= 11 is 0. The number of hydrogen-bond donors (Lipinski definition) is 0. The zero-order valence-electron chi connectivity index (χ0n) is 24.1. The molecule has 0 saturated carbocycles. The van der Waals surface area contributed by atoms with Gasteiger partial charge in [-0.15, -0.1) is 0 Å². The quantitative estimate of drug-likeness (QED) is 0.188. The zero-order valence-corrected chi connectivity index (χ0v) is 24.1.